The third-order valence-electron chi connectivity index (χ3n) is 5.78. The van der Waals surface area contributed by atoms with E-state index in [0.29, 0.717) is 24.3 Å². The number of ether oxygens (including phenoxy) is 1. The fourth-order valence-corrected chi connectivity index (χ4v) is 4.47. The predicted octanol–water partition coefficient (Wildman–Crippen LogP) is 3.29. The van der Waals surface area contributed by atoms with Crippen LogP contribution < -0.4 is 0 Å². The first-order valence-electron chi connectivity index (χ1n) is 8.57. The van der Waals surface area contributed by atoms with E-state index in [4.69, 9.17) is 4.74 Å². The molecule has 23 heavy (non-hydrogen) atoms. The Kier molecular flexibility index (Phi) is 3.64. The number of benzene rings is 1. The molecule has 0 bridgehead atoms. The molecule has 4 nitrogen and oxygen atoms in total. The minimum atomic E-state index is -0.0806. The summed E-state index contributed by atoms with van der Waals surface area (Å²) in [6.07, 6.45) is 2.69. The van der Waals surface area contributed by atoms with Crippen LogP contribution in [0.4, 0.5) is 0 Å². The van der Waals surface area contributed by atoms with Gasteiger partial charge in [-0.2, -0.15) is 0 Å². The standard InChI is InChI=1S/C19H24N2O2/c1-12-11-21-8-7-15-14-5-3-4-6-16(14)20-19(15)17(21)9-13(12)10-18(22)23-2/h3-6,12-13,17,20H,7-11H2,1-2H3/t12-,13+,17-/m0/s1. The number of H-pyrrole nitrogens is 1. The van der Waals surface area contributed by atoms with E-state index in [-0.39, 0.29) is 5.97 Å². The Bertz CT molecular complexity index is 736. The molecule has 2 aliphatic rings. The number of methoxy groups -OCH3 is 1. The largest absolute Gasteiger partial charge is 0.469 e. The Morgan fingerprint density at radius 3 is 3.04 bits per heavy atom. The normalized spacial score (nSPS) is 27.5. The van der Waals surface area contributed by atoms with Crippen molar-refractivity contribution in [2.24, 2.45) is 11.8 Å². The summed E-state index contributed by atoms with van der Waals surface area (Å²) >= 11 is 0. The van der Waals surface area contributed by atoms with Gasteiger partial charge in [-0.25, -0.2) is 0 Å². The van der Waals surface area contributed by atoms with Crippen molar-refractivity contribution < 1.29 is 9.53 Å². The molecule has 3 heterocycles. The van der Waals surface area contributed by atoms with Gasteiger partial charge in [-0.3, -0.25) is 9.69 Å². The zero-order valence-electron chi connectivity index (χ0n) is 13.8. The van der Waals surface area contributed by atoms with E-state index in [1.165, 1.54) is 29.3 Å². The average molecular weight is 312 g/mol. The molecule has 1 N–H and O–H groups in total. The van der Waals surface area contributed by atoms with Crippen LogP contribution in [-0.2, 0) is 16.0 Å². The number of piperidine rings is 1. The minimum absolute atomic E-state index is 0.0806. The Balaban J connectivity index is 1.67. The quantitative estimate of drug-likeness (QED) is 0.866. The zero-order valence-corrected chi connectivity index (χ0v) is 13.8. The Labute approximate surface area is 136 Å². The van der Waals surface area contributed by atoms with Gasteiger partial charge in [0, 0.05) is 36.1 Å². The Morgan fingerprint density at radius 2 is 2.22 bits per heavy atom. The summed E-state index contributed by atoms with van der Waals surface area (Å²) in [6, 6.07) is 9.00. The highest BCUT2D eigenvalue weighted by Crippen LogP contribution is 2.43. The molecule has 0 saturated carbocycles. The number of aromatic amines is 1. The van der Waals surface area contributed by atoms with E-state index >= 15 is 0 Å². The van der Waals surface area contributed by atoms with Crippen molar-refractivity contribution in [3.8, 4) is 0 Å². The fraction of sp³-hybridized carbons (Fsp3) is 0.526. The monoisotopic (exact) mass is 312 g/mol. The number of nitrogens with one attached hydrogen (secondary N) is 1. The number of aromatic nitrogens is 1. The molecule has 1 fully saturated rings. The van der Waals surface area contributed by atoms with Crippen molar-refractivity contribution in [1.29, 1.82) is 0 Å². The van der Waals surface area contributed by atoms with Crippen LogP contribution >= 0.6 is 0 Å². The number of hydrogen-bond acceptors (Lipinski definition) is 3. The Hall–Kier alpha value is -1.81. The highest BCUT2D eigenvalue weighted by molar-refractivity contribution is 5.85. The van der Waals surface area contributed by atoms with Crippen molar-refractivity contribution in [3.63, 3.8) is 0 Å². The molecule has 4 heteroatoms. The SMILES string of the molecule is COC(=O)C[C@H]1C[C@H]2c3[nH]c4ccccc4c3CCN2C[C@@H]1C. The molecule has 1 saturated heterocycles. The molecule has 122 valence electrons. The highest BCUT2D eigenvalue weighted by Gasteiger charge is 2.39. The summed E-state index contributed by atoms with van der Waals surface area (Å²) in [5.74, 6) is 0.861. The van der Waals surface area contributed by atoms with Gasteiger partial charge >= 0.3 is 5.97 Å². The second-order valence-corrected chi connectivity index (χ2v) is 7.08. The second-order valence-electron chi connectivity index (χ2n) is 7.08. The van der Waals surface area contributed by atoms with E-state index in [2.05, 4.69) is 41.1 Å². The van der Waals surface area contributed by atoms with Gasteiger partial charge in [0.2, 0.25) is 0 Å². The molecular formula is C19H24N2O2. The summed E-state index contributed by atoms with van der Waals surface area (Å²) in [5, 5.41) is 1.37. The molecule has 2 aromatic rings. The van der Waals surface area contributed by atoms with Gasteiger partial charge in [-0.1, -0.05) is 25.1 Å². The van der Waals surface area contributed by atoms with E-state index in [1.54, 1.807) is 0 Å². The molecule has 4 rings (SSSR count). The van der Waals surface area contributed by atoms with Gasteiger partial charge < -0.3 is 9.72 Å². The molecule has 2 aliphatic heterocycles. The van der Waals surface area contributed by atoms with E-state index < -0.39 is 0 Å². The molecule has 0 unspecified atom stereocenters. The van der Waals surface area contributed by atoms with Gasteiger partial charge in [0.25, 0.3) is 0 Å². The highest BCUT2D eigenvalue weighted by atomic mass is 16.5. The molecule has 1 aromatic carbocycles. The first kappa shape index (κ1) is 14.8. The van der Waals surface area contributed by atoms with Crippen LogP contribution in [0.5, 0.6) is 0 Å². The summed E-state index contributed by atoms with van der Waals surface area (Å²) in [6.45, 7) is 4.46. The molecular weight excluding hydrogens is 288 g/mol. The average Bonchev–Trinajstić information content (AvgIpc) is 2.94. The zero-order chi connectivity index (χ0) is 16.0. The van der Waals surface area contributed by atoms with Gasteiger partial charge in [-0.05, 0) is 36.3 Å². The van der Waals surface area contributed by atoms with Gasteiger partial charge in [0.15, 0.2) is 0 Å². The van der Waals surface area contributed by atoms with E-state index in [0.717, 1.165) is 25.9 Å². The van der Waals surface area contributed by atoms with E-state index in [1.807, 2.05) is 0 Å². The lowest BCUT2D eigenvalue weighted by Gasteiger charge is -2.45. The number of carbonyl (C=O) groups is 1. The van der Waals surface area contributed by atoms with Crippen molar-refractivity contribution in [2.45, 2.75) is 32.2 Å². The minimum Gasteiger partial charge on any atom is -0.469 e. The topological polar surface area (TPSA) is 45.3 Å². The predicted molar refractivity (Wildman–Crippen MR) is 90.2 cm³/mol. The van der Waals surface area contributed by atoms with Crippen molar-refractivity contribution in [1.82, 2.24) is 9.88 Å². The molecule has 0 aliphatic carbocycles. The molecule has 0 amide bonds. The summed E-state index contributed by atoms with van der Waals surface area (Å²) in [5.41, 5.74) is 4.09. The number of carbonyl (C=O) groups excluding carboxylic acids is 1. The molecule has 1 aromatic heterocycles. The van der Waals surface area contributed by atoms with Crippen LogP contribution in [-0.4, -0.2) is 36.1 Å². The fourth-order valence-electron chi connectivity index (χ4n) is 4.47. The summed E-state index contributed by atoms with van der Waals surface area (Å²) in [7, 11) is 1.48. The maximum absolute atomic E-state index is 11.7. The lowest BCUT2D eigenvalue weighted by atomic mass is 9.78. The van der Waals surface area contributed by atoms with Crippen LogP contribution in [0.3, 0.4) is 0 Å². The van der Waals surface area contributed by atoms with Crippen LogP contribution in [0, 0.1) is 11.8 Å². The van der Waals surface area contributed by atoms with Crippen LogP contribution in [0.2, 0.25) is 0 Å². The summed E-state index contributed by atoms with van der Waals surface area (Å²) < 4.78 is 4.89. The third kappa shape index (κ3) is 2.45. The van der Waals surface area contributed by atoms with Gasteiger partial charge in [0.05, 0.1) is 13.2 Å². The number of rotatable bonds is 2. The Morgan fingerprint density at radius 1 is 1.39 bits per heavy atom. The van der Waals surface area contributed by atoms with Crippen molar-refractivity contribution in [2.75, 3.05) is 20.2 Å². The molecule has 0 spiro atoms. The number of nitrogens with zero attached hydrogens (tertiary/aromatic N) is 1. The molecule has 3 atom stereocenters. The maximum Gasteiger partial charge on any atom is 0.305 e. The van der Waals surface area contributed by atoms with Crippen molar-refractivity contribution >= 4 is 16.9 Å². The number of esters is 1. The smallest absolute Gasteiger partial charge is 0.305 e. The number of para-hydroxylation sites is 1. The number of fused-ring (bicyclic) bond motifs is 5. The van der Waals surface area contributed by atoms with Gasteiger partial charge in [-0.15, -0.1) is 0 Å². The second kappa shape index (κ2) is 5.68. The van der Waals surface area contributed by atoms with E-state index in [9.17, 15) is 4.79 Å². The lowest BCUT2D eigenvalue weighted by molar-refractivity contribution is -0.143. The number of hydrogen-bond donors (Lipinski definition) is 1. The van der Waals surface area contributed by atoms with Crippen molar-refractivity contribution in [3.05, 3.63) is 35.5 Å². The van der Waals surface area contributed by atoms with Crippen LogP contribution in [0.15, 0.2) is 24.3 Å². The van der Waals surface area contributed by atoms with Crippen LogP contribution in [0.25, 0.3) is 10.9 Å². The summed E-state index contributed by atoms with van der Waals surface area (Å²) in [4.78, 5) is 18.0. The van der Waals surface area contributed by atoms with Gasteiger partial charge in [0.1, 0.15) is 0 Å². The first-order chi connectivity index (χ1) is 11.2. The first-order valence-corrected chi connectivity index (χ1v) is 8.57. The maximum atomic E-state index is 11.7. The third-order valence-corrected chi connectivity index (χ3v) is 5.78. The van der Waals surface area contributed by atoms with Crippen LogP contribution in [0.1, 0.15) is 37.1 Å². The molecule has 0 radical (unpaired) electrons. The lowest BCUT2D eigenvalue weighted by Crippen LogP contribution is -2.45.